The number of aryl methyl sites for hydroxylation is 1. The lowest BCUT2D eigenvalue weighted by molar-refractivity contribution is -0.132. The number of ether oxygens (including phenoxy) is 3. The summed E-state index contributed by atoms with van der Waals surface area (Å²) in [5, 5.41) is 0. The first-order valence-electron chi connectivity index (χ1n) is 12.8. The molecule has 3 aromatic rings. The van der Waals surface area contributed by atoms with Gasteiger partial charge in [0.25, 0.3) is 5.91 Å². The minimum atomic E-state index is -0.165. The van der Waals surface area contributed by atoms with E-state index in [0.29, 0.717) is 42.3 Å². The molecular weight excluding hydrogens is 500 g/mol. The fourth-order valence-electron chi connectivity index (χ4n) is 4.14. The number of carbonyl (C=O) groups excluding carboxylic acids is 2. The Morgan fingerprint density at radius 3 is 2.21 bits per heavy atom. The molecule has 0 aliphatic rings. The van der Waals surface area contributed by atoms with Crippen LogP contribution in [0.2, 0.25) is 0 Å². The fraction of sp³-hybridized carbons (Fsp3) is 0.400. The molecule has 0 aliphatic carbocycles. The second-order valence-corrected chi connectivity index (χ2v) is 10.6. The molecule has 2 amide bonds. The third-order valence-corrected chi connectivity index (χ3v) is 7.63. The van der Waals surface area contributed by atoms with Crippen molar-refractivity contribution in [3.05, 3.63) is 75.5 Å². The Balaban J connectivity index is 1.81. The van der Waals surface area contributed by atoms with E-state index >= 15 is 0 Å². The van der Waals surface area contributed by atoms with Gasteiger partial charge >= 0.3 is 0 Å². The Morgan fingerprint density at radius 1 is 0.921 bits per heavy atom. The summed E-state index contributed by atoms with van der Waals surface area (Å²) in [6.07, 6.45) is 1.39. The molecule has 7 nitrogen and oxygen atoms in total. The maximum absolute atomic E-state index is 13.7. The normalized spacial score (nSPS) is 11.5. The van der Waals surface area contributed by atoms with Gasteiger partial charge in [-0.1, -0.05) is 13.0 Å². The lowest BCUT2D eigenvalue weighted by Gasteiger charge is -2.31. The van der Waals surface area contributed by atoms with E-state index in [-0.39, 0.29) is 24.4 Å². The van der Waals surface area contributed by atoms with E-state index in [9.17, 15) is 9.59 Å². The molecule has 204 valence electrons. The smallest absolute Gasteiger partial charge is 0.254 e. The molecule has 38 heavy (non-hydrogen) atoms. The van der Waals surface area contributed by atoms with E-state index in [1.807, 2.05) is 36.9 Å². The summed E-state index contributed by atoms with van der Waals surface area (Å²) in [5.74, 6) is 1.76. The molecule has 0 saturated heterocycles. The molecule has 8 heteroatoms. The zero-order valence-electron chi connectivity index (χ0n) is 23.2. The van der Waals surface area contributed by atoms with E-state index in [2.05, 4.69) is 19.1 Å². The predicted octanol–water partition coefficient (Wildman–Crippen LogP) is 5.59. The number of nitrogens with zero attached hydrogens (tertiary/aromatic N) is 2. The largest absolute Gasteiger partial charge is 0.497 e. The Hall–Kier alpha value is -3.52. The molecule has 1 heterocycles. The minimum Gasteiger partial charge on any atom is -0.497 e. The maximum Gasteiger partial charge on any atom is 0.254 e. The van der Waals surface area contributed by atoms with Gasteiger partial charge in [-0.15, -0.1) is 11.3 Å². The molecule has 3 rings (SSSR count). The zero-order valence-corrected chi connectivity index (χ0v) is 24.0. The molecule has 1 aromatic heterocycles. The second-order valence-electron chi connectivity index (χ2n) is 9.19. The van der Waals surface area contributed by atoms with Crippen LogP contribution < -0.4 is 14.2 Å². The van der Waals surface area contributed by atoms with E-state index in [1.165, 1.54) is 4.88 Å². The Bertz CT molecular complexity index is 1210. The van der Waals surface area contributed by atoms with Gasteiger partial charge in [-0.05, 0) is 80.8 Å². The average molecular weight is 539 g/mol. The van der Waals surface area contributed by atoms with Crippen LogP contribution in [0.25, 0.3) is 0 Å². The van der Waals surface area contributed by atoms with Gasteiger partial charge in [0.05, 0.1) is 27.9 Å². The van der Waals surface area contributed by atoms with Crippen molar-refractivity contribution < 1.29 is 23.8 Å². The highest BCUT2D eigenvalue weighted by molar-refractivity contribution is 7.11. The first-order chi connectivity index (χ1) is 18.3. The van der Waals surface area contributed by atoms with Crippen LogP contribution >= 0.6 is 11.3 Å². The standard InChI is InChI=1S/C30H38N2O5S/c1-7-21(2)32(30(34)24-10-12-25(35-4)13-11-24)20-29(33)31(19-26-14-8-22(3)38-26)17-16-23-9-15-27(36-5)28(18-23)37-6/h8-15,18,21H,7,16-17,19-20H2,1-6H3. The summed E-state index contributed by atoms with van der Waals surface area (Å²) in [6, 6.07) is 16.8. The summed E-state index contributed by atoms with van der Waals surface area (Å²) in [6.45, 7) is 7.07. The highest BCUT2D eigenvalue weighted by Crippen LogP contribution is 2.28. The molecule has 2 aromatic carbocycles. The van der Waals surface area contributed by atoms with Crippen LogP contribution in [0.15, 0.2) is 54.6 Å². The number of amides is 2. The summed E-state index contributed by atoms with van der Waals surface area (Å²) < 4.78 is 16.0. The lowest BCUT2D eigenvalue weighted by Crippen LogP contribution is -2.46. The number of thiophene rings is 1. The van der Waals surface area contributed by atoms with Gasteiger partial charge in [0.2, 0.25) is 5.91 Å². The van der Waals surface area contributed by atoms with Crippen molar-refractivity contribution in [2.45, 2.75) is 46.2 Å². The lowest BCUT2D eigenvalue weighted by atomic mass is 10.1. The SMILES string of the molecule is CCC(C)N(CC(=O)N(CCc1ccc(OC)c(OC)c1)Cc1ccc(C)s1)C(=O)c1ccc(OC)cc1. The summed E-state index contributed by atoms with van der Waals surface area (Å²) in [5.41, 5.74) is 1.57. The van der Waals surface area contributed by atoms with Crippen LogP contribution in [-0.2, 0) is 17.8 Å². The minimum absolute atomic E-state index is 0.0101. The van der Waals surface area contributed by atoms with Gasteiger partial charge in [-0.3, -0.25) is 9.59 Å². The van der Waals surface area contributed by atoms with Crippen LogP contribution in [-0.4, -0.2) is 62.1 Å². The van der Waals surface area contributed by atoms with Gasteiger partial charge in [0.1, 0.15) is 12.3 Å². The van der Waals surface area contributed by atoms with Crippen molar-refractivity contribution in [3.8, 4) is 17.2 Å². The van der Waals surface area contributed by atoms with Gasteiger partial charge in [0.15, 0.2) is 11.5 Å². The van der Waals surface area contributed by atoms with Crippen LogP contribution in [0, 0.1) is 6.92 Å². The number of hydrogen-bond donors (Lipinski definition) is 0. The summed E-state index contributed by atoms with van der Waals surface area (Å²) in [4.78, 5) is 33.0. The quantitative estimate of drug-likeness (QED) is 0.284. The van der Waals surface area contributed by atoms with E-state index in [1.54, 1.807) is 61.8 Å². The predicted molar refractivity (Wildman–Crippen MR) is 152 cm³/mol. The van der Waals surface area contributed by atoms with E-state index in [0.717, 1.165) is 16.9 Å². The Labute approximate surface area is 229 Å². The number of hydrogen-bond acceptors (Lipinski definition) is 6. The molecule has 1 atom stereocenters. The van der Waals surface area contributed by atoms with Gasteiger partial charge in [-0.25, -0.2) is 0 Å². The number of methoxy groups -OCH3 is 3. The Kier molecular flexibility index (Phi) is 10.6. The molecule has 0 N–H and O–H groups in total. The first kappa shape index (κ1) is 29.0. The number of benzene rings is 2. The third kappa shape index (κ3) is 7.51. The van der Waals surface area contributed by atoms with Crippen LogP contribution in [0.5, 0.6) is 17.2 Å². The van der Waals surface area contributed by atoms with Crippen LogP contribution in [0.3, 0.4) is 0 Å². The molecular formula is C30H38N2O5S. The highest BCUT2D eigenvalue weighted by Gasteiger charge is 2.26. The Morgan fingerprint density at radius 2 is 1.63 bits per heavy atom. The van der Waals surface area contributed by atoms with E-state index in [4.69, 9.17) is 14.2 Å². The molecule has 0 bridgehead atoms. The molecule has 0 fully saturated rings. The maximum atomic E-state index is 13.7. The monoisotopic (exact) mass is 538 g/mol. The van der Waals surface area contributed by atoms with Crippen molar-refractivity contribution >= 4 is 23.2 Å². The van der Waals surface area contributed by atoms with Crippen molar-refractivity contribution in [2.24, 2.45) is 0 Å². The van der Waals surface area contributed by atoms with Crippen molar-refractivity contribution in [1.29, 1.82) is 0 Å². The fourth-order valence-corrected chi connectivity index (χ4v) is 5.05. The molecule has 0 spiro atoms. The molecule has 0 aliphatic heterocycles. The summed E-state index contributed by atoms with van der Waals surface area (Å²) in [7, 11) is 4.81. The van der Waals surface area contributed by atoms with Crippen LogP contribution in [0.1, 0.15) is 45.9 Å². The molecule has 1 unspecified atom stereocenters. The first-order valence-corrected chi connectivity index (χ1v) is 13.6. The molecule has 0 saturated carbocycles. The van der Waals surface area contributed by atoms with E-state index < -0.39 is 0 Å². The van der Waals surface area contributed by atoms with Crippen molar-refractivity contribution in [1.82, 2.24) is 9.80 Å². The second kappa shape index (κ2) is 13.9. The molecule has 0 radical (unpaired) electrons. The van der Waals surface area contributed by atoms with Gasteiger partial charge in [-0.2, -0.15) is 0 Å². The van der Waals surface area contributed by atoms with Crippen molar-refractivity contribution in [3.63, 3.8) is 0 Å². The number of carbonyl (C=O) groups is 2. The van der Waals surface area contributed by atoms with Crippen molar-refractivity contribution in [2.75, 3.05) is 34.4 Å². The van der Waals surface area contributed by atoms with Gasteiger partial charge < -0.3 is 24.0 Å². The van der Waals surface area contributed by atoms with Crippen LogP contribution in [0.4, 0.5) is 0 Å². The topological polar surface area (TPSA) is 68.3 Å². The zero-order chi connectivity index (χ0) is 27.7. The van der Waals surface area contributed by atoms with Gasteiger partial charge in [0, 0.05) is 27.9 Å². The number of rotatable bonds is 13. The third-order valence-electron chi connectivity index (χ3n) is 6.64. The summed E-state index contributed by atoms with van der Waals surface area (Å²) >= 11 is 1.68. The average Bonchev–Trinajstić information content (AvgIpc) is 3.37. The highest BCUT2D eigenvalue weighted by atomic mass is 32.1.